The summed E-state index contributed by atoms with van der Waals surface area (Å²) in [6.07, 6.45) is 3.72. The summed E-state index contributed by atoms with van der Waals surface area (Å²) < 4.78 is 0. The van der Waals surface area contributed by atoms with E-state index in [0.717, 1.165) is 11.7 Å². The van der Waals surface area contributed by atoms with Gasteiger partial charge in [0, 0.05) is 12.2 Å². The fourth-order valence-electron chi connectivity index (χ4n) is 1.84. The van der Waals surface area contributed by atoms with Gasteiger partial charge in [-0.3, -0.25) is 0 Å². The Labute approximate surface area is 88.3 Å². The van der Waals surface area contributed by atoms with Gasteiger partial charge in [0.05, 0.1) is 5.56 Å². The molecule has 1 saturated carbocycles. The number of rotatable bonds is 3. The predicted octanol–water partition coefficient (Wildman–Crippen LogP) is 1.99. The third-order valence-corrected chi connectivity index (χ3v) is 2.74. The van der Waals surface area contributed by atoms with Crippen LogP contribution in [0.15, 0.2) is 18.3 Å². The molecule has 1 aromatic heterocycles. The third kappa shape index (κ3) is 2.26. The van der Waals surface area contributed by atoms with Crippen molar-refractivity contribution in [2.24, 2.45) is 5.92 Å². The maximum atomic E-state index is 10.6. The lowest BCUT2D eigenvalue weighted by molar-refractivity contribution is 0.0696. The number of hydrogen-bond donors (Lipinski definition) is 2. The third-order valence-electron chi connectivity index (χ3n) is 2.74. The first-order valence-electron chi connectivity index (χ1n) is 5.11. The van der Waals surface area contributed by atoms with Gasteiger partial charge in [-0.05, 0) is 30.9 Å². The molecule has 0 spiro atoms. The number of carboxylic acid groups (broad SMARTS) is 1. The predicted molar refractivity (Wildman–Crippen MR) is 57.0 cm³/mol. The van der Waals surface area contributed by atoms with Crippen LogP contribution in [0.2, 0.25) is 0 Å². The highest BCUT2D eigenvalue weighted by Gasteiger charge is 2.25. The number of pyridine rings is 1. The molecule has 0 atom stereocenters. The lowest BCUT2D eigenvalue weighted by Crippen LogP contribution is -2.34. The molecule has 1 aliphatic rings. The van der Waals surface area contributed by atoms with Crippen LogP contribution in [0.3, 0.4) is 0 Å². The van der Waals surface area contributed by atoms with E-state index in [0.29, 0.717) is 6.04 Å². The van der Waals surface area contributed by atoms with E-state index in [9.17, 15) is 4.79 Å². The number of carbonyl (C=O) groups is 1. The normalized spacial score (nSPS) is 24.3. The second kappa shape index (κ2) is 3.88. The van der Waals surface area contributed by atoms with Crippen LogP contribution in [-0.4, -0.2) is 22.1 Å². The Balaban J connectivity index is 1.95. The highest BCUT2D eigenvalue weighted by atomic mass is 16.4. The summed E-state index contributed by atoms with van der Waals surface area (Å²) in [4.78, 5) is 14.6. The highest BCUT2D eigenvalue weighted by molar-refractivity contribution is 5.87. The van der Waals surface area contributed by atoms with E-state index in [1.54, 1.807) is 12.1 Å². The second-order valence-electron chi connectivity index (χ2n) is 4.16. The average molecular weight is 206 g/mol. The van der Waals surface area contributed by atoms with Gasteiger partial charge in [0.1, 0.15) is 5.82 Å². The summed E-state index contributed by atoms with van der Waals surface area (Å²) in [5, 5.41) is 12.0. The standard InChI is InChI=1S/C11H14N2O2/c1-7-4-9(5-7)13-10-3-2-8(6-12-10)11(14)15/h2-3,6-7,9H,4-5H2,1H3,(H,12,13)(H,14,15). The first kappa shape index (κ1) is 9.96. The van der Waals surface area contributed by atoms with E-state index in [1.165, 1.54) is 19.0 Å². The Hall–Kier alpha value is -1.58. The van der Waals surface area contributed by atoms with Crippen LogP contribution in [-0.2, 0) is 0 Å². The van der Waals surface area contributed by atoms with E-state index < -0.39 is 5.97 Å². The Morgan fingerprint density at radius 3 is 2.73 bits per heavy atom. The smallest absolute Gasteiger partial charge is 0.337 e. The molecule has 2 N–H and O–H groups in total. The molecule has 0 amide bonds. The number of hydrogen-bond acceptors (Lipinski definition) is 3. The van der Waals surface area contributed by atoms with E-state index in [1.807, 2.05) is 0 Å². The number of anilines is 1. The molecule has 1 heterocycles. The molecular weight excluding hydrogens is 192 g/mol. The van der Waals surface area contributed by atoms with Gasteiger partial charge < -0.3 is 10.4 Å². The monoisotopic (exact) mass is 206 g/mol. The molecule has 1 aromatic rings. The Kier molecular flexibility index (Phi) is 2.58. The van der Waals surface area contributed by atoms with Gasteiger partial charge in [-0.1, -0.05) is 6.92 Å². The molecule has 0 radical (unpaired) electrons. The van der Waals surface area contributed by atoms with Crippen molar-refractivity contribution in [3.8, 4) is 0 Å². The maximum Gasteiger partial charge on any atom is 0.337 e. The van der Waals surface area contributed by atoms with E-state index in [-0.39, 0.29) is 5.56 Å². The molecule has 0 bridgehead atoms. The zero-order chi connectivity index (χ0) is 10.8. The van der Waals surface area contributed by atoms with Crippen LogP contribution in [0.1, 0.15) is 30.1 Å². The van der Waals surface area contributed by atoms with Crippen molar-refractivity contribution in [1.82, 2.24) is 4.98 Å². The molecule has 4 heteroatoms. The molecule has 1 fully saturated rings. The average Bonchev–Trinajstić information content (AvgIpc) is 2.16. The molecule has 80 valence electrons. The van der Waals surface area contributed by atoms with Gasteiger partial charge in [-0.25, -0.2) is 9.78 Å². The van der Waals surface area contributed by atoms with E-state index in [4.69, 9.17) is 5.11 Å². The molecule has 0 saturated heterocycles. The quantitative estimate of drug-likeness (QED) is 0.793. The zero-order valence-corrected chi connectivity index (χ0v) is 8.60. The van der Waals surface area contributed by atoms with Crippen molar-refractivity contribution in [3.63, 3.8) is 0 Å². The van der Waals surface area contributed by atoms with Crippen LogP contribution in [0.5, 0.6) is 0 Å². The number of nitrogens with zero attached hydrogens (tertiary/aromatic N) is 1. The molecular formula is C11H14N2O2. The van der Waals surface area contributed by atoms with Crippen LogP contribution in [0.4, 0.5) is 5.82 Å². The van der Waals surface area contributed by atoms with Crippen molar-refractivity contribution in [2.75, 3.05) is 5.32 Å². The summed E-state index contributed by atoms with van der Waals surface area (Å²) >= 11 is 0. The van der Waals surface area contributed by atoms with Gasteiger partial charge in [0.25, 0.3) is 0 Å². The Morgan fingerprint density at radius 2 is 2.27 bits per heavy atom. The summed E-state index contributed by atoms with van der Waals surface area (Å²) in [5.74, 6) is 0.615. The largest absolute Gasteiger partial charge is 0.478 e. The van der Waals surface area contributed by atoms with Crippen molar-refractivity contribution in [3.05, 3.63) is 23.9 Å². The number of aromatic carboxylic acids is 1. The summed E-state index contributed by atoms with van der Waals surface area (Å²) in [6, 6.07) is 3.79. The zero-order valence-electron chi connectivity index (χ0n) is 8.60. The van der Waals surface area contributed by atoms with Gasteiger partial charge in [0.2, 0.25) is 0 Å². The SMILES string of the molecule is CC1CC(Nc2ccc(C(=O)O)cn2)C1. The van der Waals surface area contributed by atoms with Crippen LogP contribution >= 0.6 is 0 Å². The maximum absolute atomic E-state index is 10.6. The Morgan fingerprint density at radius 1 is 1.53 bits per heavy atom. The van der Waals surface area contributed by atoms with Crippen LogP contribution < -0.4 is 5.32 Å². The van der Waals surface area contributed by atoms with Crippen LogP contribution in [0, 0.1) is 5.92 Å². The van der Waals surface area contributed by atoms with Crippen molar-refractivity contribution >= 4 is 11.8 Å². The minimum absolute atomic E-state index is 0.225. The molecule has 0 aromatic carbocycles. The van der Waals surface area contributed by atoms with E-state index in [2.05, 4.69) is 17.2 Å². The van der Waals surface area contributed by atoms with E-state index >= 15 is 0 Å². The first-order chi connectivity index (χ1) is 7.15. The highest BCUT2D eigenvalue weighted by Crippen LogP contribution is 2.28. The summed E-state index contributed by atoms with van der Waals surface area (Å²) in [6.45, 7) is 2.22. The van der Waals surface area contributed by atoms with Crippen LogP contribution in [0.25, 0.3) is 0 Å². The van der Waals surface area contributed by atoms with Gasteiger partial charge in [0.15, 0.2) is 0 Å². The molecule has 15 heavy (non-hydrogen) atoms. The molecule has 0 unspecified atom stereocenters. The molecule has 4 nitrogen and oxygen atoms in total. The van der Waals surface area contributed by atoms with Gasteiger partial charge in [-0.2, -0.15) is 0 Å². The minimum atomic E-state index is -0.939. The number of nitrogens with one attached hydrogen (secondary N) is 1. The first-order valence-corrected chi connectivity index (χ1v) is 5.11. The number of carboxylic acids is 1. The molecule has 0 aliphatic heterocycles. The number of aromatic nitrogens is 1. The fourth-order valence-corrected chi connectivity index (χ4v) is 1.84. The van der Waals surface area contributed by atoms with Crippen molar-refractivity contribution in [2.45, 2.75) is 25.8 Å². The van der Waals surface area contributed by atoms with Crippen molar-refractivity contribution < 1.29 is 9.90 Å². The van der Waals surface area contributed by atoms with Gasteiger partial charge >= 0.3 is 5.97 Å². The molecule has 1 aliphatic carbocycles. The minimum Gasteiger partial charge on any atom is -0.478 e. The lowest BCUT2D eigenvalue weighted by atomic mass is 9.82. The van der Waals surface area contributed by atoms with Gasteiger partial charge in [-0.15, -0.1) is 0 Å². The fraction of sp³-hybridized carbons (Fsp3) is 0.455. The topological polar surface area (TPSA) is 62.2 Å². The summed E-state index contributed by atoms with van der Waals surface area (Å²) in [5.41, 5.74) is 0.225. The molecule has 2 rings (SSSR count). The summed E-state index contributed by atoms with van der Waals surface area (Å²) in [7, 11) is 0. The van der Waals surface area contributed by atoms with Crippen molar-refractivity contribution in [1.29, 1.82) is 0 Å². The Bertz CT molecular complexity index is 355. The second-order valence-corrected chi connectivity index (χ2v) is 4.16. The lowest BCUT2D eigenvalue weighted by Gasteiger charge is -2.33.